The number of cyclic esters (lactones) is 2. The van der Waals surface area contributed by atoms with E-state index in [0.29, 0.717) is 17.9 Å². The van der Waals surface area contributed by atoms with Gasteiger partial charge < -0.3 is 14.4 Å². The van der Waals surface area contributed by atoms with Crippen molar-refractivity contribution >= 4 is 35.2 Å². The molecule has 1 heterocycles. The van der Waals surface area contributed by atoms with E-state index in [-0.39, 0.29) is 28.7 Å². The lowest BCUT2D eigenvalue weighted by Gasteiger charge is -2.33. The first-order valence-electron chi connectivity index (χ1n) is 13.1. The molecule has 2 aromatic carbocycles. The van der Waals surface area contributed by atoms with Gasteiger partial charge in [-0.2, -0.15) is 0 Å². The maximum Gasteiger partial charge on any atom is 0.351 e. The van der Waals surface area contributed by atoms with Crippen LogP contribution in [0.15, 0.2) is 65.2 Å². The highest BCUT2D eigenvalue weighted by Gasteiger charge is 2.42. The Morgan fingerprint density at radius 1 is 0.895 bits per heavy atom. The third-order valence-corrected chi connectivity index (χ3v) is 7.22. The SMILES string of the molecule is CCCCCCCCC(=O)CN(C(SCc1ccc(F)cc1)=C1C(=O)OC(C)(C)OC1=O)c1ccccc1. The minimum atomic E-state index is -1.39. The number of unbranched alkanes of at least 4 members (excludes halogenated alkanes) is 5. The smallest absolute Gasteiger partial charge is 0.351 e. The molecule has 0 radical (unpaired) electrons. The Labute approximate surface area is 228 Å². The van der Waals surface area contributed by atoms with E-state index < -0.39 is 17.7 Å². The predicted octanol–water partition coefficient (Wildman–Crippen LogP) is 6.93. The van der Waals surface area contributed by atoms with Gasteiger partial charge in [-0.3, -0.25) is 4.79 Å². The molecule has 3 rings (SSSR count). The molecule has 204 valence electrons. The van der Waals surface area contributed by atoms with Crippen molar-refractivity contribution < 1.29 is 28.2 Å². The highest BCUT2D eigenvalue weighted by molar-refractivity contribution is 8.02. The van der Waals surface area contributed by atoms with Crippen LogP contribution in [-0.2, 0) is 29.6 Å². The summed E-state index contributed by atoms with van der Waals surface area (Å²) in [6.45, 7) is 5.13. The standard InChI is InChI=1S/C30H36FNO5S/c1-4-5-6-7-8-12-15-25(33)20-32(24-13-10-9-11-14-24)27(38-21-22-16-18-23(31)19-17-22)26-28(34)36-30(2,3)37-29(26)35/h9-11,13-14,16-19H,4-8,12,15,20-21H2,1-3H3. The van der Waals surface area contributed by atoms with Crippen LogP contribution in [0.2, 0.25) is 0 Å². The van der Waals surface area contributed by atoms with Gasteiger partial charge in [0.25, 0.3) is 5.79 Å². The Kier molecular flexibility index (Phi) is 11.0. The lowest BCUT2D eigenvalue weighted by Crippen LogP contribution is -2.44. The first-order chi connectivity index (χ1) is 18.2. The highest BCUT2D eigenvalue weighted by atomic mass is 32.2. The molecule has 8 heteroatoms. The van der Waals surface area contributed by atoms with Crippen LogP contribution in [0, 0.1) is 5.82 Å². The number of rotatable bonds is 14. The summed E-state index contributed by atoms with van der Waals surface area (Å²) < 4.78 is 24.2. The molecule has 1 fully saturated rings. The van der Waals surface area contributed by atoms with Crippen molar-refractivity contribution in [1.29, 1.82) is 0 Å². The van der Waals surface area contributed by atoms with Crippen molar-refractivity contribution in [3.63, 3.8) is 0 Å². The average Bonchev–Trinajstić information content (AvgIpc) is 2.87. The van der Waals surface area contributed by atoms with Crippen LogP contribution < -0.4 is 4.90 Å². The number of esters is 2. The number of carbonyl (C=O) groups excluding carboxylic acids is 3. The Morgan fingerprint density at radius 2 is 1.50 bits per heavy atom. The van der Waals surface area contributed by atoms with Gasteiger partial charge >= 0.3 is 11.9 Å². The molecule has 0 aliphatic carbocycles. The van der Waals surface area contributed by atoms with E-state index in [4.69, 9.17) is 9.47 Å². The van der Waals surface area contributed by atoms with Gasteiger partial charge in [-0.25, -0.2) is 14.0 Å². The zero-order valence-corrected chi connectivity index (χ0v) is 23.2. The zero-order valence-electron chi connectivity index (χ0n) is 22.3. The number of hydrogen-bond donors (Lipinski definition) is 0. The molecule has 0 spiro atoms. The number of carbonyl (C=O) groups is 3. The molecule has 0 aromatic heterocycles. The molecule has 1 aliphatic rings. The average molecular weight is 542 g/mol. The summed E-state index contributed by atoms with van der Waals surface area (Å²) in [6.07, 6.45) is 6.80. The first kappa shape index (κ1) is 29.4. The van der Waals surface area contributed by atoms with Gasteiger partial charge in [0.05, 0.1) is 11.6 Å². The molecular weight excluding hydrogens is 505 g/mol. The van der Waals surface area contributed by atoms with Crippen molar-refractivity contribution in [2.75, 3.05) is 11.4 Å². The van der Waals surface area contributed by atoms with E-state index in [0.717, 1.165) is 31.2 Å². The molecule has 0 saturated carbocycles. The van der Waals surface area contributed by atoms with E-state index in [9.17, 15) is 18.8 Å². The summed E-state index contributed by atoms with van der Waals surface area (Å²) in [5.41, 5.74) is 1.19. The molecule has 6 nitrogen and oxygen atoms in total. The molecule has 1 saturated heterocycles. The van der Waals surface area contributed by atoms with E-state index in [1.807, 2.05) is 30.3 Å². The van der Waals surface area contributed by atoms with Crippen molar-refractivity contribution in [2.45, 2.75) is 77.3 Å². The van der Waals surface area contributed by atoms with Gasteiger partial charge in [0.15, 0.2) is 11.4 Å². The number of anilines is 1. The molecule has 0 atom stereocenters. The van der Waals surface area contributed by atoms with E-state index in [2.05, 4.69) is 6.92 Å². The largest absolute Gasteiger partial charge is 0.419 e. The molecule has 1 aliphatic heterocycles. The highest BCUT2D eigenvalue weighted by Crippen LogP contribution is 2.36. The van der Waals surface area contributed by atoms with Crippen LogP contribution in [0.3, 0.4) is 0 Å². The quantitative estimate of drug-likeness (QED) is 0.111. The normalized spacial score (nSPS) is 14.6. The second kappa shape index (κ2) is 14.1. The fourth-order valence-corrected chi connectivity index (χ4v) is 5.22. The maximum absolute atomic E-state index is 13.4. The number of nitrogens with zero attached hydrogens (tertiary/aromatic N) is 1. The van der Waals surface area contributed by atoms with Gasteiger partial charge in [0, 0.05) is 31.7 Å². The maximum atomic E-state index is 13.4. The van der Waals surface area contributed by atoms with Crippen molar-refractivity contribution in [1.82, 2.24) is 0 Å². The predicted molar refractivity (Wildman–Crippen MR) is 148 cm³/mol. The van der Waals surface area contributed by atoms with Gasteiger partial charge in [-0.15, -0.1) is 11.8 Å². The molecule has 38 heavy (non-hydrogen) atoms. The Bertz CT molecular complexity index is 1110. The number of para-hydroxylation sites is 1. The van der Waals surface area contributed by atoms with Crippen molar-refractivity contribution in [2.24, 2.45) is 0 Å². The number of ether oxygens (including phenoxy) is 2. The van der Waals surface area contributed by atoms with Crippen LogP contribution in [0.25, 0.3) is 0 Å². The third kappa shape index (κ3) is 8.72. The summed E-state index contributed by atoms with van der Waals surface area (Å²) >= 11 is 1.21. The third-order valence-electron chi connectivity index (χ3n) is 6.04. The fraction of sp³-hybridized carbons (Fsp3) is 0.433. The van der Waals surface area contributed by atoms with Gasteiger partial charge in [0.2, 0.25) is 0 Å². The molecule has 0 bridgehead atoms. The summed E-state index contributed by atoms with van der Waals surface area (Å²) in [4.78, 5) is 41.0. The number of hydrogen-bond acceptors (Lipinski definition) is 7. The summed E-state index contributed by atoms with van der Waals surface area (Å²) in [5.74, 6) is -3.03. The van der Waals surface area contributed by atoms with Gasteiger partial charge in [0.1, 0.15) is 5.82 Å². The van der Waals surface area contributed by atoms with Crippen LogP contribution in [0.1, 0.15) is 71.3 Å². The van der Waals surface area contributed by atoms with Crippen LogP contribution in [-0.4, -0.2) is 30.1 Å². The van der Waals surface area contributed by atoms with Crippen molar-refractivity contribution in [3.8, 4) is 0 Å². The monoisotopic (exact) mass is 541 g/mol. The van der Waals surface area contributed by atoms with E-state index >= 15 is 0 Å². The Hall–Kier alpha value is -3.13. The summed E-state index contributed by atoms with van der Waals surface area (Å²) in [7, 11) is 0. The van der Waals surface area contributed by atoms with E-state index in [1.165, 1.54) is 50.6 Å². The number of benzene rings is 2. The zero-order chi connectivity index (χ0) is 27.5. The molecule has 0 N–H and O–H groups in total. The number of ketones is 1. The van der Waals surface area contributed by atoms with E-state index in [1.54, 1.807) is 17.0 Å². The fourth-order valence-electron chi connectivity index (χ4n) is 4.09. The number of halogens is 1. The van der Waals surface area contributed by atoms with Crippen molar-refractivity contribution in [3.05, 3.63) is 76.6 Å². The molecule has 0 amide bonds. The van der Waals surface area contributed by atoms with Crippen LogP contribution in [0.5, 0.6) is 0 Å². The van der Waals surface area contributed by atoms with Crippen LogP contribution >= 0.6 is 11.8 Å². The van der Waals surface area contributed by atoms with Gasteiger partial charge in [-0.05, 0) is 36.2 Å². The molecular formula is C30H36FNO5S. The van der Waals surface area contributed by atoms with Crippen LogP contribution in [0.4, 0.5) is 10.1 Å². The lowest BCUT2D eigenvalue weighted by atomic mass is 10.1. The topological polar surface area (TPSA) is 72.9 Å². The minimum Gasteiger partial charge on any atom is -0.419 e. The molecule has 2 aromatic rings. The number of Topliss-reactive ketones (excluding diaryl/α,β-unsaturated/α-hetero) is 1. The molecule has 0 unspecified atom stereocenters. The summed E-state index contributed by atoms with van der Waals surface area (Å²) in [6, 6.07) is 15.1. The minimum absolute atomic E-state index is 0.00250. The second-order valence-electron chi connectivity index (χ2n) is 9.75. The van der Waals surface area contributed by atoms with Gasteiger partial charge in [-0.1, -0.05) is 69.4 Å². The Balaban J connectivity index is 1.92. The lowest BCUT2D eigenvalue weighted by molar-refractivity contribution is -0.222. The summed E-state index contributed by atoms with van der Waals surface area (Å²) in [5, 5.41) is 0.266. The Morgan fingerprint density at radius 3 is 2.13 bits per heavy atom. The number of thioether (sulfide) groups is 1. The second-order valence-corrected chi connectivity index (χ2v) is 10.7. The first-order valence-corrected chi connectivity index (χ1v) is 14.1.